The number of hydrogen-bond acceptors (Lipinski definition) is 4. The summed E-state index contributed by atoms with van der Waals surface area (Å²) >= 11 is 0. The molecule has 3 rings (SSSR count). The molecule has 2 aliphatic rings. The average Bonchev–Trinajstić information content (AvgIpc) is 3.13. The first-order valence-electron chi connectivity index (χ1n) is 6.74. The Morgan fingerprint density at radius 3 is 2.94 bits per heavy atom. The van der Waals surface area contributed by atoms with Gasteiger partial charge in [-0.2, -0.15) is 5.26 Å². The molecular weight excluding hydrogens is 224 g/mol. The Kier molecular flexibility index (Phi) is 3.16. The Hall–Kier alpha value is -1.60. The second-order valence-electron chi connectivity index (χ2n) is 5.17. The molecule has 1 aliphatic heterocycles. The van der Waals surface area contributed by atoms with Gasteiger partial charge in [-0.3, -0.25) is 0 Å². The van der Waals surface area contributed by atoms with Gasteiger partial charge >= 0.3 is 0 Å². The summed E-state index contributed by atoms with van der Waals surface area (Å²) in [6, 6.07) is 9.05. The summed E-state index contributed by atoms with van der Waals surface area (Å²) in [5.41, 5.74) is 0.512. The third-order valence-corrected chi connectivity index (χ3v) is 3.71. The fourth-order valence-electron chi connectivity index (χ4n) is 2.61. The zero-order chi connectivity index (χ0) is 12.4. The molecule has 1 aromatic heterocycles. The van der Waals surface area contributed by atoms with Crippen molar-refractivity contribution in [1.29, 1.82) is 5.26 Å². The molecule has 1 unspecified atom stereocenters. The summed E-state index contributed by atoms with van der Waals surface area (Å²) in [6.45, 7) is 2.15. The molecule has 0 amide bonds. The van der Waals surface area contributed by atoms with Crippen LogP contribution in [0.25, 0.3) is 0 Å². The zero-order valence-corrected chi connectivity index (χ0v) is 10.5. The van der Waals surface area contributed by atoms with Crippen molar-refractivity contribution < 1.29 is 0 Å². The van der Waals surface area contributed by atoms with Gasteiger partial charge in [0.05, 0.1) is 0 Å². The van der Waals surface area contributed by atoms with E-state index in [0.717, 1.165) is 18.9 Å². The molecule has 4 nitrogen and oxygen atoms in total. The molecule has 1 atom stereocenters. The molecule has 4 heteroatoms. The second-order valence-corrected chi connectivity index (χ2v) is 5.17. The van der Waals surface area contributed by atoms with E-state index in [2.05, 4.69) is 21.3 Å². The fourth-order valence-corrected chi connectivity index (χ4v) is 2.61. The van der Waals surface area contributed by atoms with E-state index in [9.17, 15) is 0 Å². The molecule has 0 aromatic carbocycles. The molecule has 2 heterocycles. The maximum absolute atomic E-state index is 8.94. The van der Waals surface area contributed by atoms with Crippen LogP contribution in [0.3, 0.4) is 0 Å². The van der Waals surface area contributed by atoms with Crippen LogP contribution in [-0.2, 0) is 0 Å². The van der Waals surface area contributed by atoms with Gasteiger partial charge in [0.15, 0.2) is 0 Å². The van der Waals surface area contributed by atoms with Crippen molar-refractivity contribution in [3.8, 4) is 6.07 Å². The first-order valence-corrected chi connectivity index (χ1v) is 6.74. The molecular formula is C14H18N4. The molecule has 18 heavy (non-hydrogen) atoms. The van der Waals surface area contributed by atoms with E-state index in [4.69, 9.17) is 5.26 Å². The largest absolute Gasteiger partial charge is 0.352 e. The molecule has 94 valence electrons. The van der Waals surface area contributed by atoms with Crippen LogP contribution in [0.2, 0.25) is 0 Å². The van der Waals surface area contributed by atoms with E-state index < -0.39 is 0 Å². The molecule has 1 aromatic rings. The summed E-state index contributed by atoms with van der Waals surface area (Å²) in [6.07, 6.45) is 5.03. The first kappa shape index (κ1) is 11.5. The topological polar surface area (TPSA) is 52.0 Å². The number of nitrogens with zero attached hydrogens (tertiary/aromatic N) is 3. The lowest BCUT2D eigenvalue weighted by Gasteiger charge is -2.26. The first-order chi connectivity index (χ1) is 8.86. The van der Waals surface area contributed by atoms with Gasteiger partial charge in [0, 0.05) is 18.6 Å². The van der Waals surface area contributed by atoms with Gasteiger partial charge in [-0.25, -0.2) is 4.98 Å². The number of rotatable bonds is 4. The van der Waals surface area contributed by atoms with E-state index in [0.29, 0.717) is 17.8 Å². The van der Waals surface area contributed by atoms with Crippen molar-refractivity contribution >= 4 is 5.82 Å². The van der Waals surface area contributed by atoms with Crippen LogP contribution in [0, 0.1) is 11.3 Å². The highest BCUT2D eigenvalue weighted by molar-refractivity contribution is 5.44. The van der Waals surface area contributed by atoms with E-state index in [-0.39, 0.29) is 0 Å². The van der Waals surface area contributed by atoms with Gasteiger partial charge in [0.25, 0.3) is 0 Å². The highest BCUT2D eigenvalue weighted by Gasteiger charge is 2.32. The highest BCUT2D eigenvalue weighted by Crippen LogP contribution is 2.31. The minimum atomic E-state index is 0.512. The molecule has 0 radical (unpaired) electrons. The lowest BCUT2D eigenvalue weighted by Crippen LogP contribution is -2.39. The average molecular weight is 242 g/mol. The summed E-state index contributed by atoms with van der Waals surface area (Å²) in [4.78, 5) is 6.81. The van der Waals surface area contributed by atoms with E-state index >= 15 is 0 Å². The molecule has 1 saturated carbocycles. The van der Waals surface area contributed by atoms with Gasteiger partial charge in [-0.1, -0.05) is 6.07 Å². The van der Waals surface area contributed by atoms with Crippen LogP contribution in [0.5, 0.6) is 0 Å². The van der Waals surface area contributed by atoms with Gasteiger partial charge < -0.3 is 10.2 Å². The third-order valence-electron chi connectivity index (χ3n) is 3.71. The number of anilines is 1. The molecule has 1 N–H and O–H groups in total. The Balaban J connectivity index is 1.77. The number of pyridine rings is 1. The van der Waals surface area contributed by atoms with Gasteiger partial charge in [-0.05, 0) is 44.4 Å². The van der Waals surface area contributed by atoms with Gasteiger partial charge in [-0.15, -0.1) is 0 Å². The molecule has 2 fully saturated rings. The Morgan fingerprint density at radius 2 is 2.28 bits per heavy atom. The Morgan fingerprint density at radius 1 is 1.39 bits per heavy atom. The predicted molar refractivity (Wildman–Crippen MR) is 70.3 cm³/mol. The maximum atomic E-state index is 8.94. The van der Waals surface area contributed by atoms with Crippen molar-refractivity contribution in [3.05, 3.63) is 23.9 Å². The lowest BCUT2D eigenvalue weighted by molar-refractivity contribution is 0.575. The van der Waals surface area contributed by atoms with E-state index in [1.807, 2.05) is 12.1 Å². The third kappa shape index (κ3) is 2.46. The Labute approximate surface area is 108 Å². The molecule has 0 bridgehead atoms. The SMILES string of the molecule is N#Cc1cccc(N(CC2CCCN2)C2CC2)n1. The summed E-state index contributed by atoms with van der Waals surface area (Å²) in [5.74, 6) is 0.963. The van der Waals surface area contributed by atoms with Crippen LogP contribution in [-0.4, -0.2) is 30.2 Å². The van der Waals surface area contributed by atoms with Crippen LogP contribution in [0.1, 0.15) is 31.4 Å². The number of nitrogens with one attached hydrogen (secondary N) is 1. The van der Waals surface area contributed by atoms with Crippen LogP contribution >= 0.6 is 0 Å². The minimum absolute atomic E-state index is 0.512. The highest BCUT2D eigenvalue weighted by atomic mass is 15.2. The summed E-state index contributed by atoms with van der Waals surface area (Å²) < 4.78 is 0. The van der Waals surface area contributed by atoms with Crippen LogP contribution in [0.15, 0.2) is 18.2 Å². The number of hydrogen-bond donors (Lipinski definition) is 1. The van der Waals surface area contributed by atoms with E-state index in [1.165, 1.54) is 25.7 Å². The van der Waals surface area contributed by atoms with Crippen LogP contribution in [0.4, 0.5) is 5.82 Å². The van der Waals surface area contributed by atoms with Crippen LogP contribution < -0.4 is 10.2 Å². The normalized spacial score (nSPS) is 22.7. The quantitative estimate of drug-likeness (QED) is 0.872. The van der Waals surface area contributed by atoms with Gasteiger partial charge in [0.1, 0.15) is 17.6 Å². The predicted octanol–water partition coefficient (Wildman–Crippen LogP) is 1.67. The summed E-state index contributed by atoms with van der Waals surface area (Å²) in [5, 5.41) is 12.5. The minimum Gasteiger partial charge on any atom is -0.352 e. The van der Waals surface area contributed by atoms with Crippen molar-refractivity contribution in [3.63, 3.8) is 0 Å². The van der Waals surface area contributed by atoms with Crippen molar-refractivity contribution in [1.82, 2.24) is 10.3 Å². The van der Waals surface area contributed by atoms with Crippen molar-refractivity contribution in [2.45, 2.75) is 37.8 Å². The second kappa shape index (κ2) is 4.95. The monoisotopic (exact) mass is 242 g/mol. The lowest BCUT2D eigenvalue weighted by atomic mass is 10.2. The molecule has 1 saturated heterocycles. The zero-order valence-electron chi connectivity index (χ0n) is 10.5. The summed E-state index contributed by atoms with van der Waals surface area (Å²) in [7, 11) is 0. The number of nitriles is 1. The molecule has 0 spiro atoms. The Bertz CT molecular complexity index is 455. The van der Waals surface area contributed by atoms with Crippen molar-refractivity contribution in [2.75, 3.05) is 18.0 Å². The van der Waals surface area contributed by atoms with Crippen molar-refractivity contribution in [2.24, 2.45) is 0 Å². The van der Waals surface area contributed by atoms with Gasteiger partial charge in [0.2, 0.25) is 0 Å². The molecule has 1 aliphatic carbocycles. The smallest absolute Gasteiger partial charge is 0.142 e. The fraction of sp³-hybridized carbons (Fsp3) is 0.571. The standard InChI is InChI=1S/C14H18N4/c15-9-11-3-1-5-14(17-11)18(13-6-7-13)10-12-4-2-8-16-12/h1,3,5,12-13,16H,2,4,6-8,10H2. The maximum Gasteiger partial charge on any atom is 0.142 e. The van der Waals surface area contributed by atoms with E-state index in [1.54, 1.807) is 6.07 Å². The number of aromatic nitrogens is 1.